The number of hydrogen-bond acceptors (Lipinski definition) is 8. The lowest BCUT2D eigenvalue weighted by Crippen LogP contribution is -2.46. The van der Waals surface area contributed by atoms with Gasteiger partial charge in [0.2, 0.25) is 5.91 Å². The maximum atomic E-state index is 12.9. The van der Waals surface area contributed by atoms with Crippen LogP contribution in [-0.2, 0) is 20.9 Å². The minimum absolute atomic E-state index is 0.190. The van der Waals surface area contributed by atoms with Crippen molar-refractivity contribution in [3.63, 3.8) is 0 Å². The third kappa shape index (κ3) is 6.43. The van der Waals surface area contributed by atoms with Crippen LogP contribution in [0.2, 0.25) is 0 Å². The molecular weight excluding hydrogens is 615 g/mol. The van der Waals surface area contributed by atoms with Gasteiger partial charge in [0.15, 0.2) is 11.5 Å². The van der Waals surface area contributed by atoms with Crippen LogP contribution in [0.4, 0.5) is 4.79 Å². The number of morpholine rings is 1. The highest BCUT2D eigenvalue weighted by Gasteiger charge is 2.37. The van der Waals surface area contributed by atoms with Crippen molar-refractivity contribution in [3.8, 4) is 11.5 Å². The van der Waals surface area contributed by atoms with Crippen molar-refractivity contribution in [1.29, 1.82) is 0 Å². The number of halogens is 1. The second-order valence-corrected chi connectivity index (χ2v) is 10.2. The molecule has 2 saturated heterocycles. The first-order chi connectivity index (χ1) is 17.8. The Morgan fingerprint density at radius 3 is 2.51 bits per heavy atom. The number of ether oxygens (including phenoxy) is 3. The zero-order valence-electron chi connectivity index (χ0n) is 19.8. The van der Waals surface area contributed by atoms with Gasteiger partial charge >= 0.3 is 5.97 Å². The molecule has 2 aromatic rings. The summed E-state index contributed by atoms with van der Waals surface area (Å²) >= 11 is 2.88. The van der Waals surface area contributed by atoms with Gasteiger partial charge in [-0.05, 0) is 75.8 Å². The van der Waals surface area contributed by atoms with Gasteiger partial charge in [0.25, 0.3) is 11.1 Å². The average Bonchev–Trinajstić information content (AvgIpc) is 3.15. The minimum atomic E-state index is -0.999. The second-order valence-electron chi connectivity index (χ2n) is 8.09. The van der Waals surface area contributed by atoms with Gasteiger partial charge in [-0.15, -0.1) is 0 Å². The highest BCUT2D eigenvalue weighted by atomic mass is 127. The van der Waals surface area contributed by atoms with Crippen LogP contribution in [0.3, 0.4) is 0 Å². The van der Waals surface area contributed by atoms with E-state index in [1.807, 2.05) is 0 Å². The van der Waals surface area contributed by atoms with Gasteiger partial charge in [0, 0.05) is 13.1 Å². The van der Waals surface area contributed by atoms with E-state index in [0.717, 1.165) is 22.2 Å². The van der Waals surface area contributed by atoms with Crippen molar-refractivity contribution >= 4 is 63.5 Å². The SMILES string of the molecule is COc1cc(/C=C2/SC(=O)N(CC(=O)N3CCOCC3)C2=O)cc(I)c1OCc1ccc(C(=O)O)cc1. The summed E-state index contributed by atoms with van der Waals surface area (Å²) in [5.74, 6) is -0.882. The molecule has 37 heavy (non-hydrogen) atoms. The summed E-state index contributed by atoms with van der Waals surface area (Å²) in [7, 11) is 1.49. The minimum Gasteiger partial charge on any atom is -0.493 e. The lowest BCUT2D eigenvalue weighted by Gasteiger charge is -2.28. The first-order valence-corrected chi connectivity index (χ1v) is 13.1. The smallest absolute Gasteiger partial charge is 0.335 e. The van der Waals surface area contributed by atoms with Crippen LogP contribution in [0.15, 0.2) is 41.3 Å². The van der Waals surface area contributed by atoms with Crippen molar-refractivity contribution in [2.24, 2.45) is 0 Å². The topological polar surface area (TPSA) is 123 Å². The number of amides is 3. The fourth-order valence-electron chi connectivity index (χ4n) is 3.70. The van der Waals surface area contributed by atoms with Crippen LogP contribution in [0.25, 0.3) is 6.08 Å². The van der Waals surface area contributed by atoms with Crippen molar-refractivity contribution in [2.45, 2.75) is 6.61 Å². The molecule has 2 aliphatic rings. The quantitative estimate of drug-likeness (QED) is 0.342. The predicted octanol–water partition coefficient (Wildman–Crippen LogP) is 3.47. The van der Waals surface area contributed by atoms with Gasteiger partial charge in [-0.2, -0.15) is 0 Å². The fraction of sp³-hybridized carbons (Fsp3) is 0.280. The van der Waals surface area contributed by atoms with E-state index < -0.39 is 17.1 Å². The number of carbonyl (C=O) groups is 4. The number of methoxy groups -OCH3 is 1. The average molecular weight is 638 g/mol. The van der Waals surface area contributed by atoms with Gasteiger partial charge in [0.1, 0.15) is 13.2 Å². The number of benzene rings is 2. The third-order valence-corrected chi connectivity index (χ3v) is 7.37. The number of rotatable bonds is 8. The summed E-state index contributed by atoms with van der Waals surface area (Å²) in [6.07, 6.45) is 1.59. The lowest BCUT2D eigenvalue weighted by atomic mass is 10.1. The maximum Gasteiger partial charge on any atom is 0.335 e. The van der Waals surface area contributed by atoms with Gasteiger partial charge in [-0.3, -0.25) is 19.3 Å². The number of nitrogens with zero attached hydrogens (tertiary/aromatic N) is 2. The summed E-state index contributed by atoms with van der Waals surface area (Å²) in [5.41, 5.74) is 1.60. The number of hydrogen-bond donors (Lipinski definition) is 1. The molecule has 2 aliphatic heterocycles. The number of aromatic carboxylic acids is 1. The Labute approximate surface area is 230 Å². The van der Waals surface area contributed by atoms with E-state index in [9.17, 15) is 19.2 Å². The Balaban J connectivity index is 1.46. The second kappa shape index (κ2) is 12.0. The Kier molecular flexibility index (Phi) is 8.71. The zero-order chi connectivity index (χ0) is 26.5. The molecular formula is C25H23IN2O8S. The number of carbonyl (C=O) groups excluding carboxylic acids is 3. The molecule has 3 amide bonds. The molecule has 0 bridgehead atoms. The van der Waals surface area contributed by atoms with E-state index in [1.165, 1.54) is 19.2 Å². The molecule has 1 N–H and O–H groups in total. The number of thioether (sulfide) groups is 1. The molecule has 0 radical (unpaired) electrons. The maximum absolute atomic E-state index is 12.9. The van der Waals surface area contributed by atoms with Crippen molar-refractivity contribution in [1.82, 2.24) is 9.80 Å². The molecule has 2 fully saturated rings. The molecule has 194 valence electrons. The molecule has 0 aromatic heterocycles. The molecule has 12 heteroatoms. The summed E-state index contributed by atoms with van der Waals surface area (Å²) in [6, 6.07) is 9.85. The van der Waals surface area contributed by atoms with Crippen molar-refractivity contribution in [2.75, 3.05) is 40.0 Å². The highest BCUT2D eigenvalue weighted by Crippen LogP contribution is 2.37. The Bertz CT molecular complexity index is 1260. The van der Waals surface area contributed by atoms with Crippen LogP contribution >= 0.6 is 34.4 Å². The predicted molar refractivity (Wildman–Crippen MR) is 144 cm³/mol. The normalized spacial score (nSPS) is 16.9. The standard InChI is InChI=1S/C25H23IN2O8S/c1-34-19-11-16(10-18(26)22(19)36-14-15-2-4-17(5-3-15)24(31)32)12-20-23(30)28(25(33)37-20)13-21(29)27-6-8-35-9-7-27/h2-5,10-12H,6-9,13-14H2,1H3,(H,31,32)/b20-12+. The van der Waals surface area contributed by atoms with Gasteiger partial charge in [0.05, 0.1) is 34.4 Å². The first kappa shape index (κ1) is 26.9. The Morgan fingerprint density at radius 1 is 1.16 bits per heavy atom. The molecule has 10 nitrogen and oxygen atoms in total. The highest BCUT2D eigenvalue weighted by molar-refractivity contribution is 14.1. The number of carboxylic acid groups (broad SMARTS) is 1. The molecule has 0 unspecified atom stereocenters. The van der Waals surface area contributed by atoms with E-state index in [2.05, 4.69) is 22.6 Å². The summed E-state index contributed by atoms with van der Waals surface area (Å²) in [5, 5.41) is 8.54. The number of imide groups is 1. The largest absolute Gasteiger partial charge is 0.493 e. The first-order valence-electron chi connectivity index (χ1n) is 11.2. The van der Waals surface area contributed by atoms with Crippen molar-refractivity contribution in [3.05, 3.63) is 61.6 Å². The monoisotopic (exact) mass is 638 g/mol. The zero-order valence-corrected chi connectivity index (χ0v) is 22.7. The molecule has 0 atom stereocenters. The van der Waals surface area contributed by atoms with Crippen LogP contribution in [-0.4, -0.2) is 77.9 Å². The van der Waals surface area contributed by atoms with Crippen LogP contribution < -0.4 is 9.47 Å². The van der Waals surface area contributed by atoms with Crippen LogP contribution in [0.1, 0.15) is 21.5 Å². The lowest BCUT2D eigenvalue weighted by molar-refractivity contribution is -0.139. The van der Waals surface area contributed by atoms with E-state index in [4.69, 9.17) is 19.3 Å². The van der Waals surface area contributed by atoms with E-state index in [-0.39, 0.29) is 29.5 Å². The molecule has 0 aliphatic carbocycles. The van der Waals surface area contributed by atoms with Crippen LogP contribution in [0, 0.1) is 3.57 Å². The van der Waals surface area contributed by atoms with Gasteiger partial charge in [-0.25, -0.2) is 4.79 Å². The Morgan fingerprint density at radius 2 is 1.86 bits per heavy atom. The Hall–Kier alpha value is -3.10. The fourth-order valence-corrected chi connectivity index (χ4v) is 5.32. The van der Waals surface area contributed by atoms with Gasteiger partial charge in [-0.1, -0.05) is 12.1 Å². The summed E-state index contributed by atoms with van der Waals surface area (Å²) < 4.78 is 17.4. The summed E-state index contributed by atoms with van der Waals surface area (Å²) in [6.45, 7) is 1.64. The summed E-state index contributed by atoms with van der Waals surface area (Å²) in [4.78, 5) is 51.7. The van der Waals surface area contributed by atoms with Crippen molar-refractivity contribution < 1.29 is 38.5 Å². The number of carboxylic acids is 1. The molecule has 0 saturated carbocycles. The molecule has 2 heterocycles. The third-order valence-electron chi connectivity index (χ3n) is 5.66. The molecule has 0 spiro atoms. The van der Waals surface area contributed by atoms with Crippen LogP contribution in [0.5, 0.6) is 11.5 Å². The van der Waals surface area contributed by atoms with E-state index in [0.29, 0.717) is 46.9 Å². The van der Waals surface area contributed by atoms with Gasteiger partial charge < -0.3 is 24.2 Å². The van der Waals surface area contributed by atoms with E-state index >= 15 is 0 Å². The molecule has 4 rings (SSSR count). The molecule has 2 aromatic carbocycles. The van der Waals surface area contributed by atoms with E-state index in [1.54, 1.807) is 35.2 Å².